The average Bonchev–Trinajstić information content (AvgIpc) is 2.91. The Morgan fingerprint density at radius 2 is 2.23 bits per heavy atom. The fourth-order valence-electron chi connectivity index (χ4n) is 1.99. The van der Waals surface area contributed by atoms with Gasteiger partial charge in [-0.15, -0.1) is 11.3 Å². The largest absolute Gasteiger partial charge is 0.504 e. The van der Waals surface area contributed by atoms with Crippen LogP contribution in [0.1, 0.15) is 11.1 Å². The minimum Gasteiger partial charge on any atom is -0.504 e. The van der Waals surface area contributed by atoms with Crippen LogP contribution in [-0.2, 0) is 0 Å². The summed E-state index contributed by atoms with van der Waals surface area (Å²) < 4.78 is 6.03. The molecule has 0 unspecified atom stereocenters. The number of methoxy groups -OCH3 is 1. The van der Waals surface area contributed by atoms with Crippen molar-refractivity contribution in [3.63, 3.8) is 0 Å². The van der Waals surface area contributed by atoms with Crippen molar-refractivity contribution >= 4 is 33.6 Å². The highest BCUT2D eigenvalue weighted by Gasteiger charge is 2.07. The lowest BCUT2D eigenvalue weighted by Gasteiger charge is -2.04. The Kier molecular flexibility index (Phi) is 3.88. The number of nitrogens with zero attached hydrogens (tertiary/aromatic N) is 3. The van der Waals surface area contributed by atoms with E-state index in [1.165, 1.54) is 13.4 Å². The lowest BCUT2D eigenvalue weighted by molar-refractivity contribution is 0.373. The van der Waals surface area contributed by atoms with Crippen LogP contribution >= 0.6 is 11.3 Å². The maximum Gasteiger partial charge on any atom is 0.167 e. The molecule has 0 spiro atoms. The number of anilines is 1. The van der Waals surface area contributed by atoms with Gasteiger partial charge < -0.3 is 9.84 Å². The summed E-state index contributed by atoms with van der Waals surface area (Å²) in [4.78, 5) is 8.47. The van der Waals surface area contributed by atoms with Crippen molar-refractivity contribution in [3.8, 4) is 11.5 Å². The molecule has 0 radical (unpaired) electrons. The first kappa shape index (κ1) is 14.3. The van der Waals surface area contributed by atoms with Crippen molar-refractivity contribution in [1.82, 2.24) is 9.97 Å². The van der Waals surface area contributed by atoms with Crippen LogP contribution in [0.25, 0.3) is 10.2 Å². The lowest BCUT2D eigenvalue weighted by Crippen LogP contribution is -1.95. The van der Waals surface area contributed by atoms with Gasteiger partial charge in [-0.2, -0.15) is 5.10 Å². The molecule has 22 heavy (non-hydrogen) atoms. The first-order valence-corrected chi connectivity index (χ1v) is 7.42. The summed E-state index contributed by atoms with van der Waals surface area (Å²) in [5.41, 5.74) is 5.78. The number of fused-ring (bicyclic) bond motifs is 1. The van der Waals surface area contributed by atoms with Crippen LogP contribution in [0.3, 0.4) is 0 Å². The third kappa shape index (κ3) is 2.71. The number of rotatable bonds is 4. The summed E-state index contributed by atoms with van der Waals surface area (Å²) in [5, 5.41) is 15.8. The summed E-state index contributed by atoms with van der Waals surface area (Å²) in [5.74, 6) is 1.17. The van der Waals surface area contributed by atoms with Gasteiger partial charge >= 0.3 is 0 Å². The van der Waals surface area contributed by atoms with E-state index in [-0.39, 0.29) is 5.75 Å². The van der Waals surface area contributed by atoms with Crippen LogP contribution in [0.2, 0.25) is 0 Å². The Hall–Kier alpha value is -2.67. The van der Waals surface area contributed by atoms with Gasteiger partial charge in [0, 0.05) is 0 Å². The van der Waals surface area contributed by atoms with Gasteiger partial charge in [0.15, 0.2) is 17.3 Å². The van der Waals surface area contributed by atoms with E-state index in [2.05, 4.69) is 20.5 Å². The molecule has 0 saturated carbocycles. The van der Waals surface area contributed by atoms with Crippen molar-refractivity contribution in [1.29, 1.82) is 0 Å². The third-order valence-electron chi connectivity index (χ3n) is 3.12. The first-order chi connectivity index (χ1) is 10.7. The highest BCUT2D eigenvalue weighted by atomic mass is 32.1. The van der Waals surface area contributed by atoms with Gasteiger partial charge in [-0.3, -0.25) is 5.43 Å². The summed E-state index contributed by atoms with van der Waals surface area (Å²) in [7, 11) is 1.50. The summed E-state index contributed by atoms with van der Waals surface area (Å²) in [6, 6.07) is 5.00. The fraction of sp³-hybridized carbons (Fsp3) is 0.133. The van der Waals surface area contributed by atoms with Gasteiger partial charge in [0.1, 0.15) is 6.33 Å². The molecule has 2 N–H and O–H groups in total. The maximum absolute atomic E-state index is 9.56. The SMILES string of the molecule is COc1cc(C=NNc2ncnc3c(C)csc23)ccc1O. The number of aryl methyl sites for hydroxylation is 1. The molecule has 3 aromatic rings. The van der Waals surface area contributed by atoms with Crippen LogP contribution in [0.4, 0.5) is 5.82 Å². The molecule has 7 heteroatoms. The highest BCUT2D eigenvalue weighted by molar-refractivity contribution is 7.18. The van der Waals surface area contributed by atoms with Crippen molar-refractivity contribution in [2.45, 2.75) is 6.92 Å². The van der Waals surface area contributed by atoms with E-state index in [0.717, 1.165) is 21.3 Å². The van der Waals surface area contributed by atoms with Crippen LogP contribution in [0, 0.1) is 6.92 Å². The van der Waals surface area contributed by atoms with Crippen LogP contribution in [-0.4, -0.2) is 28.4 Å². The quantitative estimate of drug-likeness (QED) is 0.571. The lowest BCUT2D eigenvalue weighted by atomic mass is 10.2. The number of aromatic nitrogens is 2. The summed E-state index contributed by atoms with van der Waals surface area (Å²) in [6.45, 7) is 2.02. The molecule has 0 aliphatic heterocycles. The minimum absolute atomic E-state index is 0.0965. The monoisotopic (exact) mass is 314 g/mol. The van der Waals surface area contributed by atoms with E-state index in [9.17, 15) is 5.11 Å². The van der Waals surface area contributed by atoms with E-state index in [0.29, 0.717) is 11.6 Å². The molecule has 3 rings (SSSR count). The highest BCUT2D eigenvalue weighted by Crippen LogP contribution is 2.28. The molecule has 6 nitrogen and oxygen atoms in total. The van der Waals surface area contributed by atoms with Crippen molar-refractivity contribution in [3.05, 3.63) is 41.0 Å². The molecular formula is C15H14N4O2S. The summed E-state index contributed by atoms with van der Waals surface area (Å²) >= 11 is 1.58. The molecule has 0 aliphatic carbocycles. The van der Waals surface area contributed by atoms with E-state index in [4.69, 9.17) is 4.74 Å². The van der Waals surface area contributed by atoms with E-state index in [1.54, 1.807) is 35.8 Å². The first-order valence-electron chi connectivity index (χ1n) is 6.54. The van der Waals surface area contributed by atoms with Gasteiger partial charge in [-0.05, 0) is 41.6 Å². The number of hydrazone groups is 1. The van der Waals surface area contributed by atoms with Gasteiger partial charge in [-0.25, -0.2) is 9.97 Å². The average molecular weight is 314 g/mol. The smallest absolute Gasteiger partial charge is 0.167 e. The number of aromatic hydroxyl groups is 1. The minimum atomic E-state index is 0.0965. The fourth-order valence-corrected chi connectivity index (χ4v) is 2.93. The molecule has 2 heterocycles. The Morgan fingerprint density at radius 3 is 3.05 bits per heavy atom. The van der Waals surface area contributed by atoms with Gasteiger partial charge in [0.2, 0.25) is 0 Å². The zero-order valence-corrected chi connectivity index (χ0v) is 12.9. The van der Waals surface area contributed by atoms with Crippen LogP contribution in [0.5, 0.6) is 11.5 Å². The zero-order chi connectivity index (χ0) is 15.5. The molecule has 0 fully saturated rings. The standard InChI is InChI=1S/C15H14N4O2S/c1-9-7-22-14-13(9)16-8-17-15(14)19-18-6-10-3-4-11(20)12(5-10)21-2/h3-8,20H,1-2H3,(H,16,17,19). The molecule has 0 amide bonds. The number of thiophene rings is 1. The zero-order valence-electron chi connectivity index (χ0n) is 12.1. The number of benzene rings is 1. The Bertz CT molecular complexity index is 845. The van der Waals surface area contributed by atoms with Crippen molar-refractivity contribution in [2.75, 3.05) is 12.5 Å². The van der Waals surface area contributed by atoms with Crippen LogP contribution < -0.4 is 10.2 Å². The van der Waals surface area contributed by atoms with Crippen molar-refractivity contribution < 1.29 is 9.84 Å². The number of nitrogens with one attached hydrogen (secondary N) is 1. The van der Waals surface area contributed by atoms with Gasteiger partial charge in [0.05, 0.1) is 23.5 Å². The second kappa shape index (κ2) is 5.98. The molecule has 112 valence electrons. The second-order valence-electron chi connectivity index (χ2n) is 4.62. The van der Waals surface area contributed by atoms with Gasteiger partial charge in [0.25, 0.3) is 0 Å². The normalized spacial score (nSPS) is 11.2. The van der Waals surface area contributed by atoms with Crippen LogP contribution in [0.15, 0.2) is 35.0 Å². The topological polar surface area (TPSA) is 79.6 Å². The summed E-state index contributed by atoms with van der Waals surface area (Å²) in [6.07, 6.45) is 3.15. The molecule has 0 atom stereocenters. The molecule has 1 aromatic carbocycles. The number of phenolic OH excluding ortho intramolecular Hbond substituents is 1. The Labute approximate surface area is 131 Å². The number of ether oxygens (including phenoxy) is 1. The number of phenols is 1. The van der Waals surface area contributed by atoms with Gasteiger partial charge in [-0.1, -0.05) is 0 Å². The Morgan fingerprint density at radius 1 is 1.36 bits per heavy atom. The molecule has 2 aromatic heterocycles. The molecule has 0 saturated heterocycles. The Balaban J connectivity index is 1.82. The number of hydrogen-bond acceptors (Lipinski definition) is 7. The van der Waals surface area contributed by atoms with E-state index >= 15 is 0 Å². The second-order valence-corrected chi connectivity index (χ2v) is 5.50. The number of hydrogen-bond donors (Lipinski definition) is 2. The maximum atomic E-state index is 9.56. The molecular weight excluding hydrogens is 300 g/mol. The van der Waals surface area contributed by atoms with E-state index < -0.39 is 0 Å². The predicted molar refractivity (Wildman–Crippen MR) is 88.0 cm³/mol. The molecule has 0 aliphatic rings. The van der Waals surface area contributed by atoms with Crippen molar-refractivity contribution in [2.24, 2.45) is 5.10 Å². The third-order valence-corrected chi connectivity index (χ3v) is 4.21. The molecule has 0 bridgehead atoms. The predicted octanol–water partition coefficient (Wildman–Crippen LogP) is 3.16. The van der Waals surface area contributed by atoms with E-state index in [1.807, 2.05) is 12.3 Å².